The fourth-order valence-electron chi connectivity index (χ4n) is 4.36. The van der Waals surface area contributed by atoms with E-state index in [9.17, 15) is 4.79 Å². The van der Waals surface area contributed by atoms with Crippen molar-refractivity contribution in [2.24, 2.45) is 5.92 Å². The van der Waals surface area contributed by atoms with E-state index in [1.165, 1.54) is 57.9 Å². The molecule has 1 atom stereocenters. The summed E-state index contributed by atoms with van der Waals surface area (Å²) in [4.78, 5) is 15.7. The van der Waals surface area contributed by atoms with Gasteiger partial charge in [-0.3, -0.25) is 4.79 Å². The normalized spacial score (nSPS) is 22.2. The van der Waals surface area contributed by atoms with Crippen LogP contribution in [0.3, 0.4) is 0 Å². The van der Waals surface area contributed by atoms with Gasteiger partial charge in [-0.25, -0.2) is 0 Å². The molecule has 1 saturated carbocycles. The molecule has 2 aliphatic rings. The number of benzene rings is 1. The maximum absolute atomic E-state index is 13.2. The average molecular weight is 400 g/mol. The fraction of sp³-hybridized carbons (Fsp3) is 0.682. The number of nitrogens with zero attached hydrogens (tertiary/aromatic N) is 3. The number of H-pyrrole nitrogens is 1. The SMILES string of the molecule is COc1cc2n[nH]nc2cc1C(=O)NC1CCCCCCCCN(CC2CC2)C1. The molecule has 4 rings (SSSR count). The molecule has 0 spiro atoms. The van der Waals surface area contributed by atoms with Gasteiger partial charge < -0.3 is 15.0 Å². The van der Waals surface area contributed by atoms with Gasteiger partial charge in [-0.15, -0.1) is 0 Å². The molecule has 0 radical (unpaired) electrons. The Labute approximate surface area is 172 Å². The first-order valence-electron chi connectivity index (χ1n) is 11.1. The number of aromatic nitrogens is 3. The first-order chi connectivity index (χ1) is 14.2. The van der Waals surface area contributed by atoms with Crippen LogP contribution >= 0.6 is 0 Å². The molecular weight excluding hydrogens is 366 g/mol. The van der Waals surface area contributed by atoms with Gasteiger partial charge in [0.05, 0.1) is 12.7 Å². The van der Waals surface area contributed by atoms with Crippen molar-refractivity contribution in [3.05, 3.63) is 17.7 Å². The maximum Gasteiger partial charge on any atom is 0.255 e. The topological polar surface area (TPSA) is 83.1 Å². The molecule has 1 unspecified atom stereocenters. The van der Waals surface area contributed by atoms with E-state index in [0.29, 0.717) is 22.3 Å². The van der Waals surface area contributed by atoms with Crippen molar-refractivity contribution in [3.63, 3.8) is 0 Å². The lowest BCUT2D eigenvalue weighted by Crippen LogP contribution is -2.44. The lowest BCUT2D eigenvalue weighted by molar-refractivity contribution is 0.0917. The first kappa shape index (κ1) is 20.1. The van der Waals surface area contributed by atoms with Gasteiger partial charge in [0.15, 0.2) is 0 Å². The van der Waals surface area contributed by atoms with Crippen LogP contribution in [0.4, 0.5) is 0 Å². The van der Waals surface area contributed by atoms with E-state index >= 15 is 0 Å². The van der Waals surface area contributed by atoms with Gasteiger partial charge in [-0.2, -0.15) is 15.4 Å². The minimum absolute atomic E-state index is 0.0852. The molecule has 1 saturated heterocycles. The summed E-state index contributed by atoms with van der Waals surface area (Å²) >= 11 is 0. The van der Waals surface area contributed by atoms with Crippen LogP contribution in [0.2, 0.25) is 0 Å². The Hall–Kier alpha value is -2.15. The number of methoxy groups -OCH3 is 1. The molecule has 158 valence electrons. The molecule has 1 aromatic carbocycles. The lowest BCUT2D eigenvalue weighted by Gasteiger charge is -2.28. The zero-order chi connectivity index (χ0) is 20.1. The number of ether oxygens (including phenoxy) is 1. The zero-order valence-electron chi connectivity index (χ0n) is 17.5. The Morgan fingerprint density at radius 2 is 1.83 bits per heavy atom. The summed E-state index contributed by atoms with van der Waals surface area (Å²) in [5.74, 6) is 1.32. The van der Waals surface area contributed by atoms with Crippen LogP contribution in [-0.4, -0.2) is 59.0 Å². The molecule has 1 aromatic heterocycles. The molecule has 0 bridgehead atoms. The van der Waals surface area contributed by atoms with Crippen LogP contribution in [-0.2, 0) is 0 Å². The van der Waals surface area contributed by atoms with Crippen molar-refractivity contribution in [3.8, 4) is 5.75 Å². The van der Waals surface area contributed by atoms with Crippen LogP contribution in [0, 0.1) is 5.92 Å². The van der Waals surface area contributed by atoms with E-state index in [2.05, 4.69) is 25.6 Å². The number of fused-ring (bicyclic) bond motifs is 1. The van der Waals surface area contributed by atoms with Crippen LogP contribution in [0.15, 0.2) is 12.1 Å². The summed E-state index contributed by atoms with van der Waals surface area (Å²) in [7, 11) is 1.59. The van der Waals surface area contributed by atoms with Crippen molar-refractivity contribution >= 4 is 16.9 Å². The molecule has 1 amide bonds. The third-order valence-electron chi connectivity index (χ3n) is 6.19. The summed E-state index contributed by atoms with van der Waals surface area (Å²) in [5.41, 5.74) is 1.90. The average Bonchev–Trinajstić information content (AvgIpc) is 3.42. The minimum Gasteiger partial charge on any atom is -0.496 e. The Morgan fingerprint density at radius 1 is 1.10 bits per heavy atom. The van der Waals surface area contributed by atoms with E-state index in [4.69, 9.17) is 4.74 Å². The smallest absolute Gasteiger partial charge is 0.255 e. The molecule has 7 nitrogen and oxygen atoms in total. The molecule has 2 N–H and O–H groups in total. The van der Waals surface area contributed by atoms with E-state index in [1.54, 1.807) is 19.2 Å². The number of amides is 1. The highest BCUT2D eigenvalue weighted by Crippen LogP contribution is 2.30. The number of carbonyl (C=O) groups is 1. The van der Waals surface area contributed by atoms with Crippen LogP contribution in [0.1, 0.15) is 68.1 Å². The van der Waals surface area contributed by atoms with E-state index < -0.39 is 0 Å². The number of nitrogens with one attached hydrogen (secondary N) is 2. The predicted molar refractivity (Wildman–Crippen MR) is 113 cm³/mol. The second-order valence-electron chi connectivity index (χ2n) is 8.65. The fourth-order valence-corrected chi connectivity index (χ4v) is 4.36. The lowest BCUT2D eigenvalue weighted by atomic mass is 10.1. The Balaban J connectivity index is 1.48. The molecule has 2 fully saturated rings. The minimum atomic E-state index is -0.0852. The molecule has 2 heterocycles. The highest BCUT2D eigenvalue weighted by molar-refractivity contribution is 6.00. The van der Waals surface area contributed by atoms with Gasteiger partial charge in [0, 0.05) is 25.2 Å². The Bertz CT molecular complexity index is 817. The standard InChI is InChI=1S/C22H33N5O2/c1-29-21-13-20-19(24-26-25-20)12-18(21)22(28)23-17-8-6-4-2-3-5-7-11-27(15-17)14-16-9-10-16/h12-13,16-17H,2-11,14-15H2,1H3,(H,23,28)(H,24,25,26). The molecule has 2 aromatic rings. The first-order valence-corrected chi connectivity index (χ1v) is 11.1. The van der Waals surface area contributed by atoms with Crippen LogP contribution < -0.4 is 10.1 Å². The van der Waals surface area contributed by atoms with Gasteiger partial charge in [0.1, 0.15) is 16.8 Å². The van der Waals surface area contributed by atoms with Gasteiger partial charge in [-0.1, -0.05) is 32.1 Å². The Morgan fingerprint density at radius 3 is 2.59 bits per heavy atom. The van der Waals surface area contributed by atoms with Crippen molar-refractivity contribution < 1.29 is 9.53 Å². The predicted octanol–water partition coefficient (Wildman–Crippen LogP) is 3.52. The largest absolute Gasteiger partial charge is 0.496 e. The van der Waals surface area contributed by atoms with E-state index in [-0.39, 0.29) is 11.9 Å². The summed E-state index contributed by atoms with van der Waals surface area (Å²) in [5, 5.41) is 14.1. The molecule has 7 heteroatoms. The van der Waals surface area contributed by atoms with Gasteiger partial charge in [-0.05, 0) is 44.2 Å². The number of aromatic amines is 1. The summed E-state index contributed by atoms with van der Waals surface area (Å²) in [6.45, 7) is 3.27. The van der Waals surface area contributed by atoms with Crippen molar-refractivity contribution in [1.82, 2.24) is 25.6 Å². The third kappa shape index (κ3) is 5.47. The number of rotatable bonds is 5. The summed E-state index contributed by atoms with van der Waals surface area (Å²) < 4.78 is 5.46. The van der Waals surface area contributed by atoms with Gasteiger partial charge in [0.25, 0.3) is 5.91 Å². The summed E-state index contributed by atoms with van der Waals surface area (Å²) in [6, 6.07) is 3.70. The van der Waals surface area contributed by atoms with Crippen LogP contribution in [0.25, 0.3) is 11.0 Å². The molecule has 29 heavy (non-hydrogen) atoms. The van der Waals surface area contributed by atoms with Gasteiger partial charge >= 0.3 is 0 Å². The zero-order valence-corrected chi connectivity index (χ0v) is 17.5. The maximum atomic E-state index is 13.2. The van der Waals surface area contributed by atoms with Crippen molar-refractivity contribution in [1.29, 1.82) is 0 Å². The third-order valence-corrected chi connectivity index (χ3v) is 6.19. The van der Waals surface area contributed by atoms with E-state index in [1.807, 2.05) is 0 Å². The Kier molecular flexibility index (Phi) is 6.64. The second-order valence-corrected chi connectivity index (χ2v) is 8.65. The van der Waals surface area contributed by atoms with Crippen molar-refractivity contribution in [2.75, 3.05) is 26.7 Å². The van der Waals surface area contributed by atoms with Crippen LogP contribution in [0.5, 0.6) is 5.75 Å². The monoisotopic (exact) mass is 399 g/mol. The summed E-state index contributed by atoms with van der Waals surface area (Å²) in [6.07, 6.45) is 11.4. The molecule has 1 aliphatic heterocycles. The highest BCUT2D eigenvalue weighted by Gasteiger charge is 2.26. The quantitative estimate of drug-likeness (QED) is 0.804. The number of carbonyl (C=O) groups excluding carboxylic acids is 1. The number of hydrogen-bond donors (Lipinski definition) is 2. The number of hydrogen-bond acceptors (Lipinski definition) is 5. The molecule has 1 aliphatic carbocycles. The van der Waals surface area contributed by atoms with E-state index in [0.717, 1.165) is 25.4 Å². The van der Waals surface area contributed by atoms with Crippen molar-refractivity contribution in [2.45, 2.75) is 63.8 Å². The van der Waals surface area contributed by atoms with Gasteiger partial charge in [0.2, 0.25) is 0 Å². The second kappa shape index (κ2) is 9.57. The highest BCUT2D eigenvalue weighted by atomic mass is 16.5. The molecular formula is C22H33N5O2.